The molecule has 58 valence electrons. The minimum Gasteiger partial charge on any atom is -0.393 e. The van der Waals surface area contributed by atoms with Gasteiger partial charge in [0.2, 0.25) is 0 Å². The standard InChI is InChI=1S/C6H10ClIN2/c1-3(2)4(5(7)9)6(8)10/h3,9H,10H2,1-2H3/b6-4-,9-5?. The molecule has 0 aliphatic heterocycles. The highest BCUT2D eigenvalue weighted by molar-refractivity contribution is 14.1. The molecule has 0 amide bonds. The quantitative estimate of drug-likeness (QED) is 0.453. The van der Waals surface area contributed by atoms with Gasteiger partial charge >= 0.3 is 0 Å². The molecule has 3 N–H and O–H groups in total. The lowest BCUT2D eigenvalue weighted by atomic mass is 10.1. The van der Waals surface area contributed by atoms with E-state index in [0.29, 0.717) is 3.70 Å². The van der Waals surface area contributed by atoms with Crippen molar-refractivity contribution in [3.05, 3.63) is 9.28 Å². The van der Waals surface area contributed by atoms with Crippen LogP contribution in [0, 0.1) is 11.3 Å². The van der Waals surface area contributed by atoms with Crippen molar-refractivity contribution in [2.45, 2.75) is 13.8 Å². The summed E-state index contributed by atoms with van der Waals surface area (Å²) in [6.07, 6.45) is 0. The van der Waals surface area contributed by atoms with E-state index in [1.807, 2.05) is 36.4 Å². The first-order valence-corrected chi connectivity index (χ1v) is 4.32. The Morgan fingerprint density at radius 1 is 1.60 bits per heavy atom. The lowest BCUT2D eigenvalue weighted by molar-refractivity contribution is 0.800. The van der Waals surface area contributed by atoms with Crippen LogP contribution in [0.3, 0.4) is 0 Å². The molecule has 0 aromatic heterocycles. The van der Waals surface area contributed by atoms with Gasteiger partial charge in [-0.15, -0.1) is 0 Å². The van der Waals surface area contributed by atoms with Gasteiger partial charge < -0.3 is 5.73 Å². The first-order valence-electron chi connectivity index (χ1n) is 2.86. The van der Waals surface area contributed by atoms with Gasteiger partial charge in [0.25, 0.3) is 0 Å². The van der Waals surface area contributed by atoms with Crippen molar-refractivity contribution in [2.75, 3.05) is 0 Å². The average molecular weight is 273 g/mol. The maximum atomic E-state index is 7.14. The van der Waals surface area contributed by atoms with E-state index in [9.17, 15) is 0 Å². The summed E-state index contributed by atoms with van der Waals surface area (Å²) in [7, 11) is 0. The maximum absolute atomic E-state index is 7.14. The molecule has 10 heavy (non-hydrogen) atoms. The summed E-state index contributed by atoms with van der Waals surface area (Å²) in [5.74, 6) is 0.224. The third-order valence-corrected chi connectivity index (χ3v) is 1.86. The van der Waals surface area contributed by atoms with Crippen LogP contribution in [-0.2, 0) is 0 Å². The second-order valence-corrected chi connectivity index (χ2v) is 3.77. The van der Waals surface area contributed by atoms with Crippen molar-refractivity contribution >= 4 is 39.4 Å². The summed E-state index contributed by atoms with van der Waals surface area (Å²) < 4.78 is 0.604. The zero-order chi connectivity index (χ0) is 8.31. The fraction of sp³-hybridized carbons (Fsp3) is 0.500. The maximum Gasteiger partial charge on any atom is 0.126 e. The molecule has 0 atom stereocenters. The zero-order valence-electron chi connectivity index (χ0n) is 5.91. The molecule has 0 unspecified atom stereocenters. The molecule has 0 aromatic carbocycles. The molecule has 0 saturated heterocycles. The van der Waals surface area contributed by atoms with Crippen LogP contribution in [0.15, 0.2) is 9.28 Å². The van der Waals surface area contributed by atoms with Crippen molar-refractivity contribution in [3.63, 3.8) is 0 Å². The lowest BCUT2D eigenvalue weighted by Gasteiger charge is -2.08. The zero-order valence-corrected chi connectivity index (χ0v) is 8.82. The van der Waals surface area contributed by atoms with E-state index >= 15 is 0 Å². The fourth-order valence-electron chi connectivity index (χ4n) is 0.634. The van der Waals surface area contributed by atoms with Crippen LogP contribution in [0.2, 0.25) is 0 Å². The van der Waals surface area contributed by atoms with Crippen molar-refractivity contribution in [1.82, 2.24) is 0 Å². The Balaban J connectivity index is 4.61. The number of halogens is 2. The van der Waals surface area contributed by atoms with Gasteiger partial charge in [0.05, 0.1) is 3.70 Å². The van der Waals surface area contributed by atoms with Crippen LogP contribution in [0.25, 0.3) is 0 Å². The summed E-state index contributed by atoms with van der Waals surface area (Å²) in [6, 6.07) is 0. The van der Waals surface area contributed by atoms with E-state index in [4.69, 9.17) is 22.7 Å². The summed E-state index contributed by atoms with van der Waals surface area (Å²) >= 11 is 7.44. The van der Waals surface area contributed by atoms with Crippen LogP contribution < -0.4 is 5.73 Å². The van der Waals surface area contributed by atoms with E-state index in [-0.39, 0.29) is 11.1 Å². The number of nitrogens with one attached hydrogen (secondary N) is 1. The monoisotopic (exact) mass is 272 g/mol. The summed E-state index contributed by atoms with van der Waals surface area (Å²) in [5.41, 5.74) is 6.20. The highest BCUT2D eigenvalue weighted by Crippen LogP contribution is 2.18. The SMILES string of the molecule is CC(C)/C(C(=N)Cl)=C(/N)I. The summed E-state index contributed by atoms with van der Waals surface area (Å²) in [6.45, 7) is 3.91. The molecule has 2 nitrogen and oxygen atoms in total. The average Bonchev–Trinajstić information content (AvgIpc) is 1.59. The summed E-state index contributed by atoms with van der Waals surface area (Å²) in [4.78, 5) is 0. The molecular formula is C6H10ClIN2. The largest absolute Gasteiger partial charge is 0.393 e. The Kier molecular flexibility index (Phi) is 4.28. The Morgan fingerprint density at radius 2 is 2.00 bits per heavy atom. The highest BCUT2D eigenvalue weighted by atomic mass is 127. The molecule has 0 aliphatic carbocycles. The molecule has 0 rings (SSSR count). The predicted molar refractivity (Wildman–Crippen MR) is 53.7 cm³/mol. The summed E-state index contributed by atoms with van der Waals surface area (Å²) in [5, 5.41) is 7.18. The van der Waals surface area contributed by atoms with Crippen molar-refractivity contribution < 1.29 is 0 Å². The van der Waals surface area contributed by atoms with E-state index in [1.54, 1.807) is 0 Å². The second-order valence-electron chi connectivity index (χ2n) is 2.23. The van der Waals surface area contributed by atoms with Gasteiger partial charge in [-0.3, -0.25) is 5.41 Å². The first-order chi connectivity index (χ1) is 4.46. The van der Waals surface area contributed by atoms with Crippen LogP contribution in [0.5, 0.6) is 0 Å². The van der Waals surface area contributed by atoms with Gasteiger partial charge in [-0.05, 0) is 28.5 Å². The van der Waals surface area contributed by atoms with Gasteiger partial charge in [0.1, 0.15) is 5.17 Å². The van der Waals surface area contributed by atoms with Gasteiger partial charge in [-0.25, -0.2) is 0 Å². The minimum absolute atomic E-state index is 0.0434. The van der Waals surface area contributed by atoms with Gasteiger partial charge in [0, 0.05) is 5.57 Å². The van der Waals surface area contributed by atoms with E-state index in [0.717, 1.165) is 5.57 Å². The Bertz CT molecular complexity index is 171. The van der Waals surface area contributed by atoms with Crippen LogP contribution in [0.4, 0.5) is 0 Å². The lowest BCUT2D eigenvalue weighted by Crippen LogP contribution is -2.07. The van der Waals surface area contributed by atoms with Crippen LogP contribution in [0.1, 0.15) is 13.8 Å². The van der Waals surface area contributed by atoms with E-state index in [1.165, 1.54) is 0 Å². The molecule has 0 bridgehead atoms. The molecule has 0 heterocycles. The van der Waals surface area contributed by atoms with E-state index < -0.39 is 0 Å². The first kappa shape index (κ1) is 10.2. The number of hydrogen-bond donors (Lipinski definition) is 2. The third kappa shape index (κ3) is 2.88. The van der Waals surface area contributed by atoms with Crippen molar-refractivity contribution in [2.24, 2.45) is 11.7 Å². The van der Waals surface area contributed by atoms with Crippen molar-refractivity contribution in [1.29, 1.82) is 5.41 Å². The fourth-order valence-corrected chi connectivity index (χ4v) is 2.01. The molecule has 4 heteroatoms. The van der Waals surface area contributed by atoms with Gasteiger partial charge in [-0.2, -0.15) is 0 Å². The predicted octanol–water partition coefficient (Wildman–Crippen LogP) is 2.46. The van der Waals surface area contributed by atoms with E-state index in [2.05, 4.69) is 0 Å². The van der Waals surface area contributed by atoms with Gasteiger partial charge in [-0.1, -0.05) is 25.4 Å². The number of nitrogens with two attached hydrogens (primary N) is 1. The Hall–Kier alpha value is 0.230. The minimum atomic E-state index is 0.0434. The second kappa shape index (κ2) is 4.18. The van der Waals surface area contributed by atoms with Crippen LogP contribution >= 0.6 is 34.2 Å². The molecule has 0 aromatic rings. The third-order valence-electron chi connectivity index (χ3n) is 1.07. The Labute approximate surface area is 79.5 Å². The molecule has 0 saturated carbocycles. The smallest absolute Gasteiger partial charge is 0.126 e. The molecule has 0 fully saturated rings. The van der Waals surface area contributed by atoms with Gasteiger partial charge in [0.15, 0.2) is 0 Å². The number of allylic oxidation sites excluding steroid dienone is 1. The number of hydrogen-bond acceptors (Lipinski definition) is 2. The molecule has 0 radical (unpaired) electrons. The van der Waals surface area contributed by atoms with Crippen LogP contribution in [-0.4, -0.2) is 5.17 Å². The normalized spacial score (nSPS) is 13.3. The topological polar surface area (TPSA) is 49.9 Å². The Morgan fingerprint density at radius 3 is 2.00 bits per heavy atom. The number of rotatable bonds is 2. The molecular weight excluding hydrogens is 262 g/mol. The van der Waals surface area contributed by atoms with Crippen molar-refractivity contribution in [3.8, 4) is 0 Å². The molecule has 0 aliphatic rings. The molecule has 0 spiro atoms. The highest BCUT2D eigenvalue weighted by Gasteiger charge is 2.09.